The lowest BCUT2D eigenvalue weighted by molar-refractivity contribution is -0.285. The average Bonchev–Trinajstić information content (AvgIpc) is 3.15. The Morgan fingerprint density at radius 1 is 0.500 bits per heavy atom. The third kappa shape index (κ3) is 4.57. The molecule has 13 N–H and O–H groups in total. The molecular weight excluding hydrogens is 760 g/mol. The zero-order chi connectivity index (χ0) is 40.6. The van der Waals surface area contributed by atoms with Gasteiger partial charge in [-0.1, -0.05) is 0 Å². The summed E-state index contributed by atoms with van der Waals surface area (Å²) in [5.41, 5.74) is -11.8. The van der Waals surface area contributed by atoms with Crippen LogP contribution in [0.2, 0.25) is 0 Å². The molecule has 0 amide bonds. The molecule has 0 unspecified atom stereocenters. The third-order valence-corrected chi connectivity index (χ3v) is 9.58. The van der Waals surface area contributed by atoms with Gasteiger partial charge in [-0.3, -0.25) is 0 Å². The van der Waals surface area contributed by atoms with Crippen molar-refractivity contribution in [1.82, 2.24) is 0 Å². The van der Waals surface area contributed by atoms with Crippen LogP contribution in [0.1, 0.15) is 20.7 Å². The molecule has 1 saturated heterocycles. The van der Waals surface area contributed by atoms with Gasteiger partial charge in [-0.05, 0) is 12.1 Å². The maximum Gasteiger partial charge on any atom is 0.345 e. The molecule has 290 valence electrons. The van der Waals surface area contributed by atoms with Crippen molar-refractivity contribution in [1.29, 1.82) is 0 Å². The lowest BCUT2D eigenvalue weighted by Crippen LogP contribution is -2.60. The van der Waals surface area contributed by atoms with E-state index in [4.69, 9.17) is 23.0 Å². The summed E-state index contributed by atoms with van der Waals surface area (Å²) in [5, 5.41) is 137. The van der Waals surface area contributed by atoms with Gasteiger partial charge in [-0.2, -0.15) is 0 Å². The van der Waals surface area contributed by atoms with Gasteiger partial charge >= 0.3 is 23.2 Å². The van der Waals surface area contributed by atoms with Crippen molar-refractivity contribution in [2.75, 3.05) is 6.61 Å². The van der Waals surface area contributed by atoms with Gasteiger partial charge in [0.15, 0.2) is 58.1 Å². The third-order valence-electron chi connectivity index (χ3n) is 9.58. The molecule has 6 aromatic rings. The Hall–Kier alpha value is -7.40. The summed E-state index contributed by atoms with van der Waals surface area (Å²) in [6.07, 6.45) is -10.9. The minimum atomic E-state index is -2.28. The first-order chi connectivity index (χ1) is 26.4. The number of aliphatic hydroxyl groups is 3. The van der Waals surface area contributed by atoms with E-state index < -0.39 is 184 Å². The molecule has 4 heterocycles. The van der Waals surface area contributed by atoms with Crippen molar-refractivity contribution < 1.29 is 99.0 Å². The molecule has 0 saturated carbocycles. The van der Waals surface area contributed by atoms with Crippen LogP contribution in [0.15, 0.2) is 30.6 Å². The number of aliphatic hydroxyl groups excluding tert-OH is 3. The van der Waals surface area contributed by atoms with E-state index in [2.05, 4.69) is 0 Å². The summed E-state index contributed by atoms with van der Waals surface area (Å²) in [5.74, 6) is -17.2. The Bertz CT molecular complexity index is 2870. The molecule has 2 aromatic heterocycles. The smallest absolute Gasteiger partial charge is 0.345 e. The number of ether oxygens (including phenoxy) is 3. The number of fused-ring (bicyclic) bond motifs is 5. The second-order valence-corrected chi connectivity index (χ2v) is 12.6. The first-order valence-corrected chi connectivity index (χ1v) is 15.7. The number of hydrogen-bond donors (Lipinski definition) is 13. The molecule has 2 aliphatic rings. The summed E-state index contributed by atoms with van der Waals surface area (Å²) in [6.45, 7) is -1.15. The van der Waals surface area contributed by atoms with Crippen molar-refractivity contribution in [3.63, 3.8) is 0 Å². The van der Waals surface area contributed by atoms with Crippen LogP contribution in [-0.4, -0.2) is 116 Å². The standard InChI is InChI=1S/C34H22O22/c35-6-1-4-9(19(39)17(6)37)11-15-13-14-16(33(50)56-28(13)23(43)21(11)41)12(22(42)24(44)29(14)55-32(15)49)10-5(2-7(36)18(38)20(10)40)31(48)54-27-8(3-52-30(4)47)53-34(51)26(46)25(27)45/h1-2,8,25-27,34-46,51H,3H2/t8-,25-,26-,27-,34-/m1/s1. The lowest BCUT2D eigenvalue weighted by Gasteiger charge is -2.40. The van der Waals surface area contributed by atoms with Gasteiger partial charge in [0, 0.05) is 33.0 Å². The fraction of sp³-hybridized carbons (Fsp3) is 0.176. The number of cyclic esters (lactones) is 1. The van der Waals surface area contributed by atoms with E-state index in [0.717, 1.165) is 0 Å². The van der Waals surface area contributed by atoms with E-state index in [1.807, 2.05) is 0 Å². The number of aromatic hydroxyl groups is 10. The number of phenolic OH excluding ortho intramolecular Hbond substituents is 10. The zero-order valence-corrected chi connectivity index (χ0v) is 27.2. The Morgan fingerprint density at radius 2 is 0.929 bits per heavy atom. The molecule has 4 aromatic carbocycles. The summed E-state index contributed by atoms with van der Waals surface area (Å²) in [7, 11) is 0. The van der Waals surface area contributed by atoms with E-state index in [1.165, 1.54) is 0 Å². The minimum Gasteiger partial charge on any atom is -0.504 e. The summed E-state index contributed by atoms with van der Waals surface area (Å²) in [6, 6.07) is 0.887. The van der Waals surface area contributed by atoms with Gasteiger partial charge in [-0.25, -0.2) is 19.2 Å². The van der Waals surface area contributed by atoms with Crippen LogP contribution >= 0.6 is 0 Å². The Balaban J connectivity index is 1.62. The highest BCUT2D eigenvalue weighted by molar-refractivity contribution is 6.29. The molecule has 5 atom stereocenters. The van der Waals surface area contributed by atoms with E-state index in [1.54, 1.807) is 0 Å². The topological polar surface area (TPSA) is 385 Å². The second kappa shape index (κ2) is 11.8. The van der Waals surface area contributed by atoms with Crippen molar-refractivity contribution in [2.24, 2.45) is 0 Å². The molecule has 22 nitrogen and oxygen atoms in total. The summed E-state index contributed by atoms with van der Waals surface area (Å²) in [4.78, 5) is 55.4. The van der Waals surface area contributed by atoms with Gasteiger partial charge in [0.1, 0.15) is 24.9 Å². The normalized spacial score (nSPS) is 21.3. The minimum absolute atomic E-state index is 0.424. The number of hydrogen-bond acceptors (Lipinski definition) is 22. The Morgan fingerprint density at radius 3 is 1.39 bits per heavy atom. The highest BCUT2D eigenvalue weighted by Crippen LogP contribution is 2.58. The average molecular weight is 783 g/mol. The molecule has 6 bridgehead atoms. The number of phenols is 10. The molecule has 56 heavy (non-hydrogen) atoms. The molecule has 1 fully saturated rings. The van der Waals surface area contributed by atoms with Crippen molar-refractivity contribution in [3.05, 3.63) is 44.1 Å². The molecule has 0 radical (unpaired) electrons. The van der Waals surface area contributed by atoms with Gasteiger partial charge in [-0.15, -0.1) is 0 Å². The first-order valence-electron chi connectivity index (χ1n) is 15.7. The van der Waals surface area contributed by atoms with Crippen molar-refractivity contribution >= 4 is 44.6 Å². The first kappa shape index (κ1) is 35.6. The predicted molar refractivity (Wildman–Crippen MR) is 177 cm³/mol. The Kier molecular flexibility index (Phi) is 7.50. The van der Waals surface area contributed by atoms with E-state index in [9.17, 15) is 85.6 Å². The predicted octanol–water partition coefficient (Wildman–Crippen LogP) is 0.0152. The van der Waals surface area contributed by atoms with Crippen LogP contribution in [-0.2, 0) is 14.2 Å². The number of carbonyl (C=O) groups is 2. The Labute approximate surface area is 304 Å². The monoisotopic (exact) mass is 782 g/mol. The molecule has 8 rings (SSSR count). The maximum atomic E-state index is 14.0. The summed E-state index contributed by atoms with van der Waals surface area (Å²) < 4.78 is 26.3. The van der Waals surface area contributed by atoms with Crippen LogP contribution in [0.25, 0.3) is 55.0 Å². The quantitative estimate of drug-likeness (QED) is 0.0418. The van der Waals surface area contributed by atoms with Crippen molar-refractivity contribution in [3.8, 4) is 79.7 Å². The van der Waals surface area contributed by atoms with Gasteiger partial charge in [0.25, 0.3) is 0 Å². The fourth-order valence-electron chi connectivity index (χ4n) is 7.00. The van der Waals surface area contributed by atoms with E-state index >= 15 is 0 Å². The highest BCUT2D eigenvalue weighted by Gasteiger charge is 2.48. The molecular formula is C34H22O22. The van der Waals surface area contributed by atoms with Gasteiger partial charge < -0.3 is 89.4 Å². The van der Waals surface area contributed by atoms with E-state index in [0.29, 0.717) is 12.1 Å². The lowest BCUT2D eigenvalue weighted by atomic mass is 9.88. The largest absolute Gasteiger partial charge is 0.504 e. The zero-order valence-electron chi connectivity index (χ0n) is 27.2. The number of rotatable bonds is 0. The molecule has 0 spiro atoms. The highest BCUT2D eigenvalue weighted by atomic mass is 16.7. The summed E-state index contributed by atoms with van der Waals surface area (Å²) >= 11 is 0. The number of esters is 2. The van der Waals surface area contributed by atoms with Crippen LogP contribution < -0.4 is 11.3 Å². The van der Waals surface area contributed by atoms with Crippen LogP contribution in [0.4, 0.5) is 0 Å². The molecule has 2 aliphatic heterocycles. The van der Waals surface area contributed by atoms with Gasteiger partial charge in [0.2, 0.25) is 23.0 Å². The van der Waals surface area contributed by atoms with Gasteiger partial charge in [0.05, 0.1) is 21.9 Å². The van der Waals surface area contributed by atoms with Crippen molar-refractivity contribution in [2.45, 2.75) is 30.7 Å². The number of carbonyl (C=O) groups excluding carboxylic acids is 2. The maximum absolute atomic E-state index is 14.0. The van der Waals surface area contributed by atoms with Crippen LogP contribution in [0.5, 0.6) is 57.5 Å². The molecule has 22 heteroatoms. The molecule has 0 aliphatic carbocycles. The second-order valence-electron chi connectivity index (χ2n) is 12.6. The van der Waals surface area contributed by atoms with E-state index in [-0.39, 0.29) is 0 Å². The van der Waals surface area contributed by atoms with Crippen LogP contribution in [0, 0.1) is 0 Å². The SMILES string of the molecule is O=C1OC[C@H]2O[C@@H](O)[C@H](O)[C@@H](O)[C@@H]2OC(=O)c2cc(O)c(O)c(O)c2-c2c(O)c(O)c3oc(=O)c4c(c(O)c(O)c5oc(=O)c2c3c54)-c2c1cc(O)c(O)c2O. The number of benzene rings is 4. The fourth-order valence-corrected chi connectivity index (χ4v) is 7.00. The van der Waals surface area contributed by atoms with Crippen LogP contribution in [0.3, 0.4) is 0 Å².